The number of piperidine rings is 1. The van der Waals surface area contributed by atoms with E-state index in [9.17, 15) is 22.8 Å². The lowest BCUT2D eigenvalue weighted by molar-refractivity contribution is -0.139. The van der Waals surface area contributed by atoms with E-state index in [-0.39, 0.29) is 23.1 Å². The Morgan fingerprint density at radius 3 is 2.32 bits per heavy atom. The van der Waals surface area contributed by atoms with Gasteiger partial charge in [0.05, 0.1) is 11.7 Å². The van der Waals surface area contributed by atoms with Crippen LogP contribution in [0.4, 0.5) is 13.2 Å². The number of alkyl halides is 3. The van der Waals surface area contributed by atoms with Crippen molar-refractivity contribution in [2.75, 3.05) is 18.8 Å². The lowest BCUT2D eigenvalue weighted by atomic mass is 9.91. The summed E-state index contributed by atoms with van der Waals surface area (Å²) in [5.41, 5.74) is -4.60. The second kappa shape index (κ2) is 4.88. The Bertz CT molecular complexity index is 391. The number of aliphatic carboxylic acids is 1. The zero-order valence-electron chi connectivity index (χ0n) is 10.1. The van der Waals surface area contributed by atoms with E-state index in [1.807, 2.05) is 0 Å². The van der Waals surface area contributed by atoms with Crippen LogP contribution in [0.2, 0.25) is 0 Å². The third kappa shape index (κ3) is 3.34. The van der Waals surface area contributed by atoms with Crippen molar-refractivity contribution < 1.29 is 27.9 Å². The molecule has 0 aromatic carbocycles. The lowest BCUT2D eigenvalue weighted by Crippen LogP contribution is -2.41. The molecule has 1 aliphatic carbocycles. The smallest absolute Gasteiger partial charge is 0.442 e. The number of carboxylic acids is 1. The Morgan fingerprint density at radius 1 is 1.32 bits per heavy atom. The van der Waals surface area contributed by atoms with Crippen molar-refractivity contribution in [2.45, 2.75) is 24.8 Å². The van der Waals surface area contributed by atoms with Crippen LogP contribution >= 0.6 is 11.8 Å². The molecule has 1 heterocycles. The van der Waals surface area contributed by atoms with Crippen LogP contribution in [0.5, 0.6) is 0 Å². The molecule has 4 nitrogen and oxygen atoms in total. The number of nitrogens with zero attached hydrogens (tertiary/aromatic N) is 1. The average molecular weight is 297 g/mol. The highest BCUT2D eigenvalue weighted by atomic mass is 32.2. The van der Waals surface area contributed by atoms with E-state index in [1.165, 1.54) is 4.90 Å². The molecule has 1 saturated heterocycles. The number of thioether (sulfide) groups is 1. The third-order valence-corrected chi connectivity index (χ3v) is 4.68. The van der Waals surface area contributed by atoms with Crippen LogP contribution in [0.1, 0.15) is 19.3 Å². The second-order valence-electron chi connectivity index (χ2n) is 5.07. The molecule has 1 amide bonds. The van der Waals surface area contributed by atoms with E-state index in [0.29, 0.717) is 32.4 Å². The molecule has 0 bridgehead atoms. The molecule has 1 atom stereocenters. The van der Waals surface area contributed by atoms with Gasteiger partial charge in [0.15, 0.2) is 0 Å². The number of rotatable bonds is 3. The van der Waals surface area contributed by atoms with E-state index in [2.05, 4.69) is 0 Å². The Balaban J connectivity index is 1.78. The molecule has 0 aromatic heterocycles. The summed E-state index contributed by atoms with van der Waals surface area (Å²) in [6.45, 7) is 0.724. The summed E-state index contributed by atoms with van der Waals surface area (Å²) < 4.78 is 35.9. The highest BCUT2D eigenvalue weighted by Crippen LogP contribution is 2.59. The molecule has 2 fully saturated rings. The fraction of sp³-hybridized carbons (Fsp3) is 0.818. The summed E-state index contributed by atoms with van der Waals surface area (Å²) in [6.07, 6.45) is 1.78. The maximum absolute atomic E-state index is 12.0. The molecule has 108 valence electrons. The van der Waals surface area contributed by atoms with Crippen molar-refractivity contribution in [3.8, 4) is 0 Å². The van der Waals surface area contributed by atoms with Gasteiger partial charge in [0, 0.05) is 13.1 Å². The van der Waals surface area contributed by atoms with Gasteiger partial charge in [-0.05, 0) is 36.4 Å². The Kier molecular flexibility index (Phi) is 3.72. The summed E-state index contributed by atoms with van der Waals surface area (Å²) >= 11 is -0.329. The second-order valence-corrected chi connectivity index (χ2v) is 6.11. The number of likely N-dealkylation sites (tertiary alicyclic amines) is 1. The number of halogens is 3. The van der Waals surface area contributed by atoms with E-state index in [0.717, 1.165) is 0 Å². The first-order valence-corrected chi connectivity index (χ1v) is 6.93. The Labute approximate surface area is 112 Å². The number of carbonyl (C=O) groups excluding carboxylic acids is 1. The first-order chi connectivity index (χ1) is 8.73. The molecule has 0 aromatic rings. The predicted molar refractivity (Wildman–Crippen MR) is 62.5 cm³/mol. The van der Waals surface area contributed by atoms with E-state index >= 15 is 0 Å². The SMILES string of the molecule is O=C(O)C1CC12CCN(C(=O)CSC(F)(F)F)CC2. The van der Waals surface area contributed by atoms with Gasteiger partial charge in [0.2, 0.25) is 5.91 Å². The molecule has 8 heteroatoms. The van der Waals surface area contributed by atoms with E-state index < -0.39 is 23.1 Å². The number of hydrogen-bond acceptors (Lipinski definition) is 3. The molecule has 0 radical (unpaired) electrons. The van der Waals surface area contributed by atoms with Crippen LogP contribution in [0.25, 0.3) is 0 Å². The highest BCUT2D eigenvalue weighted by Gasteiger charge is 2.59. The Hall–Kier alpha value is -0.920. The van der Waals surface area contributed by atoms with Crippen molar-refractivity contribution in [3.05, 3.63) is 0 Å². The fourth-order valence-corrected chi connectivity index (χ4v) is 3.16. The minimum absolute atomic E-state index is 0.209. The van der Waals surface area contributed by atoms with Crippen molar-refractivity contribution in [1.82, 2.24) is 4.90 Å². The van der Waals surface area contributed by atoms with Gasteiger partial charge in [-0.3, -0.25) is 9.59 Å². The number of carbonyl (C=O) groups is 2. The van der Waals surface area contributed by atoms with Gasteiger partial charge in [-0.1, -0.05) is 0 Å². The summed E-state index contributed by atoms with van der Waals surface area (Å²) in [7, 11) is 0. The zero-order valence-corrected chi connectivity index (χ0v) is 10.9. The van der Waals surface area contributed by atoms with Gasteiger partial charge in [0.25, 0.3) is 0 Å². The summed E-state index contributed by atoms with van der Waals surface area (Å²) in [6, 6.07) is 0. The van der Waals surface area contributed by atoms with Crippen LogP contribution in [0.3, 0.4) is 0 Å². The maximum Gasteiger partial charge on any atom is 0.442 e. The van der Waals surface area contributed by atoms with Gasteiger partial charge in [0.1, 0.15) is 0 Å². The van der Waals surface area contributed by atoms with Crippen LogP contribution < -0.4 is 0 Å². The third-order valence-electron chi connectivity index (χ3n) is 3.96. The van der Waals surface area contributed by atoms with Crippen molar-refractivity contribution in [1.29, 1.82) is 0 Å². The van der Waals surface area contributed by atoms with Gasteiger partial charge in [-0.15, -0.1) is 0 Å². The molecule has 2 rings (SSSR count). The average Bonchev–Trinajstić information content (AvgIpc) is 3.01. The van der Waals surface area contributed by atoms with Gasteiger partial charge < -0.3 is 10.0 Å². The molecular formula is C11H14F3NO3S. The van der Waals surface area contributed by atoms with Crippen LogP contribution in [-0.2, 0) is 9.59 Å². The molecule has 1 spiro atoms. The minimum atomic E-state index is -4.39. The topological polar surface area (TPSA) is 57.6 Å². The van der Waals surface area contributed by atoms with Crippen molar-refractivity contribution in [3.63, 3.8) is 0 Å². The molecule has 2 aliphatic rings. The van der Waals surface area contributed by atoms with Crippen molar-refractivity contribution in [2.24, 2.45) is 11.3 Å². The van der Waals surface area contributed by atoms with Gasteiger partial charge >= 0.3 is 11.5 Å². The van der Waals surface area contributed by atoms with Gasteiger partial charge in [-0.2, -0.15) is 13.2 Å². The Morgan fingerprint density at radius 2 is 1.89 bits per heavy atom. The fourth-order valence-electron chi connectivity index (χ4n) is 2.69. The molecule has 19 heavy (non-hydrogen) atoms. The number of amides is 1. The number of hydrogen-bond donors (Lipinski definition) is 1. The summed E-state index contributed by atoms with van der Waals surface area (Å²) in [5, 5.41) is 8.91. The summed E-state index contributed by atoms with van der Waals surface area (Å²) in [4.78, 5) is 23.8. The number of carboxylic acid groups (broad SMARTS) is 1. The normalized spacial score (nSPS) is 25.4. The molecule has 1 unspecified atom stereocenters. The standard InChI is InChI=1S/C11H14F3NO3S/c12-11(13,14)19-6-8(16)15-3-1-10(2-4-15)5-7(10)9(17)18/h7H,1-6H2,(H,17,18). The van der Waals surface area contributed by atoms with Gasteiger partial charge in [-0.25, -0.2) is 0 Å². The highest BCUT2D eigenvalue weighted by molar-refractivity contribution is 8.00. The first kappa shape index (κ1) is 14.5. The van der Waals surface area contributed by atoms with Crippen LogP contribution in [-0.4, -0.2) is 46.2 Å². The van der Waals surface area contributed by atoms with Crippen LogP contribution in [0.15, 0.2) is 0 Å². The molecular weight excluding hydrogens is 283 g/mol. The maximum atomic E-state index is 12.0. The largest absolute Gasteiger partial charge is 0.481 e. The lowest BCUT2D eigenvalue weighted by Gasteiger charge is -2.32. The van der Waals surface area contributed by atoms with Crippen molar-refractivity contribution >= 4 is 23.6 Å². The zero-order chi connectivity index (χ0) is 14.3. The quantitative estimate of drug-likeness (QED) is 0.865. The van der Waals surface area contributed by atoms with E-state index in [4.69, 9.17) is 5.11 Å². The van der Waals surface area contributed by atoms with Crippen LogP contribution in [0, 0.1) is 11.3 Å². The predicted octanol–water partition coefficient (Wildman–Crippen LogP) is 1.95. The monoisotopic (exact) mass is 297 g/mol. The molecule has 1 N–H and O–H groups in total. The first-order valence-electron chi connectivity index (χ1n) is 5.95. The van der Waals surface area contributed by atoms with E-state index in [1.54, 1.807) is 0 Å². The molecule has 1 saturated carbocycles. The summed E-state index contributed by atoms with van der Waals surface area (Å²) in [5.74, 6) is -2.27. The molecule has 1 aliphatic heterocycles. The minimum Gasteiger partial charge on any atom is -0.481 e.